The number of halogens is 1. The molecular formula is C17H16ClN5OS. The zero-order valence-corrected chi connectivity index (χ0v) is 15.3. The van der Waals surface area contributed by atoms with E-state index < -0.39 is 0 Å². The number of nitriles is 1. The van der Waals surface area contributed by atoms with Gasteiger partial charge in [-0.2, -0.15) is 10.4 Å². The third-order valence-electron chi connectivity index (χ3n) is 3.93. The predicted octanol–water partition coefficient (Wildman–Crippen LogP) is 3.39. The Bertz CT molecular complexity index is 986. The molecule has 0 fully saturated rings. The molecule has 0 atom stereocenters. The summed E-state index contributed by atoms with van der Waals surface area (Å²) in [6, 6.07) is 5.85. The van der Waals surface area contributed by atoms with Gasteiger partial charge in [-0.15, -0.1) is 11.3 Å². The molecule has 0 aliphatic heterocycles. The van der Waals surface area contributed by atoms with Gasteiger partial charge in [-0.25, -0.2) is 4.98 Å². The smallest absolute Gasteiger partial charge is 0.142 e. The van der Waals surface area contributed by atoms with Crippen molar-refractivity contribution in [1.29, 1.82) is 5.26 Å². The van der Waals surface area contributed by atoms with Gasteiger partial charge in [0, 0.05) is 17.3 Å². The molecule has 0 amide bonds. The van der Waals surface area contributed by atoms with Gasteiger partial charge >= 0.3 is 0 Å². The summed E-state index contributed by atoms with van der Waals surface area (Å²) in [5, 5.41) is 23.1. The lowest BCUT2D eigenvalue weighted by Gasteiger charge is -2.13. The number of aromatic nitrogens is 3. The number of nitrogens with zero attached hydrogens (tertiary/aromatic N) is 4. The second-order valence-electron chi connectivity index (χ2n) is 5.55. The average Bonchev–Trinajstić information content (AvgIpc) is 3.15. The van der Waals surface area contributed by atoms with Crippen LogP contribution in [-0.2, 0) is 6.54 Å². The largest absolute Gasteiger partial charge is 0.394 e. The van der Waals surface area contributed by atoms with E-state index >= 15 is 0 Å². The molecule has 3 N–H and O–H groups in total. The minimum absolute atomic E-state index is 0.0118. The number of aryl methyl sites for hydroxylation is 1. The van der Waals surface area contributed by atoms with Gasteiger partial charge in [0.1, 0.15) is 17.5 Å². The van der Waals surface area contributed by atoms with E-state index in [1.54, 1.807) is 10.7 Å². The molecule has 0 radical (unpaired) electrons. The molecular weight excluding hydrogens is 358 g/mol. The van der Waals surface area contributed by atoms with E-state index in [4.69, 9.17) is 22.4 Å². The first-order chi connectivity index (χ1) is 12.0. The first-order valence-corrected chi connectivity index (χ1v) is 8.76. The van der Waals surface area contributed by atoms with Crippen LogP contribution in [0.4, 0.5) is 5.82 Å². The first-order valence-electron chi connectivity index (χ1n) is 7.57. The van der Waals surface area contributed by atoms with Crippen molar-refractivity contribution in [3.05, 3.63) is 39.5 Å². The second kappa shape index (κ2) is 6.84. The fourth-order valence-corrected chi connectivity index (χ4v) is 3.90. The predicted molar refractivity (Wildman–Crippen MR) is 99.5 cm³/mol. The van der Waals surface area contributed by atoms with Crippen molar-refractivity contribution in [2.45, 2.75) is 20.4 Å². The standard InChI is InChI=1S/C17H16ClN5OS/c1-9-15(12-8-23(5-6-24)22-10(12)2)11(7-19)17(20)21-16(9)13-3-4-14(18)25-13/h3-4,8,24H,5-6H2,1-2H3,(H2,20,21). The molecule has 3 heterocycles. The maximum absolute atomic E-state index is 9.60. The maximum Gasteiger partial charge on any atom is 0.142 e. The molecule has 0 aliphatic carbocycles. The molecule has 25 heavy (non-hydrogen) atoms. The summed E-state index contributed by atoms with van der Waals surface area (Å²) in [5.41, 5.74) is 10.2. The number of nitrogen functional groups attached to an aromatic ring is 1. The van der Waals surface area contributed by atoms with E-state index in [2.05, 4.69) is 16.2 Å². The molecule has 8 heteroatoms. The Morgan fingerprint density at radius 3 is 2.76 bits per heavy atom. The maximum atomic E-state index is 9.60. The number of rotatable bonds is 4. The molecule has 0 saturated heterocycles. The Labute approximate surface area is 154 Å². The van der Waals surface area contributed by atoms with Gasteiger partial charge in [0.05, 0.1) is 33.8 Å². The number of anilines is 1. The minimum Gasteiger partial charge on any atom is -0.394 e. The third-order valence-corrected chi connectivity index (χ3v) is 5.17. The molecule has 3 aromatic rings. The van der Waals surface area contributed by atoms with Gasteiger partial charge in [-0.3, -0.25) is 4.68 Å². The Kier molecular flexibility index (Phi) is 4.77. The molecule has 0 unspecified atom stereocenters. The highest BCUT2D eigenvalue weighted by Crippen LogP contribution is 2.39. The average molecular weight is 374 g/mol. The fourth-order valence-electron chi connectivity index (χ4n) is 2.81. The number of hydrogen-bond donors (Lipinski definition) is 2. The van der Waals surface area contributed by atoms with Crippen LogP contribution >= 0.6 is 22.9 Å². The number of hydrogen-bond acceptors (Lipinski definition) is 6. The minimum atomic E-state index is -0.0118. The summed E-state index contributed by atoms with van der Waals surface area (Å²) in [6.45, 7) is 4.15. The van der Waals surface area contributed by atoms with Crippen molar-refractivity contribution >= 4 is 28.8 Å². The Morgan fingerprint density at radius 2 is 2.16 bits per heavy atom. The topological polar surface area (TPSA) is 101 Å². The summed E-state index contributed by atoms with van der Waals surface area (Å²) in [6.07, 6.45) is 1.82. The van der Waals surface area contributed by atoms with Crippen LogP contribution < -0.4 is 5.73 Å². The zero-order chi connectivity index (χ0) is 18.1. The molecule has 0 aliphatic rings. The highest BCUT2D eigenvalue weighted by molar-refractivity contribution is 7.19. The normalized spacial score (nSPS) is 10.8. The summed E-state index contributed by atoms with van der Waals surface area (Å²) in [4.78, 5) is 5.32. The SMILES string of the molecule is Cc1nn(CCO)cc1-c1c(C)c(-c2ccc(Cl)s2)nc(N)c1C#N. The summed E-state index contributed by atoms with van der Waals surface area (Å²) in [7, 11) is 0. The summed E-state index contributed by atoms with van der Waals surface area (Å²) >= 11 is 7.46. The van der Waals surface area contributed by atoms with Gasteiger partial charge in [-0.1, -0.05) is 11.6 Å². The molecule has 6 nitrogen and oxygen atoms in total. The first kappa shape index (κ1) is 17.4. The van der Waals surface area contributed by atoms with E-state index in [9.17, 15) is 5.26 Å². The van der Waals surface area contributed by atoms with E-state index in [-0.39, 0.29) is 12.4 Å². The van der Waals surface area contributed by atoms with Crippen LogP contribution in [0.2, 0.25) is 4.34 Å². The second-order valence-corrected chi connectivity index (χ2v) is 7.27. The van der Waals surface area contributed by atoms with Gasteiger partial charge < -0.3 is 10.8 Å². The van der Waals surface area contributed by atoms with Crippen LogP contribution in [0.15, 0.2) is 18.3 Å². The summed E-state index contributed by atoms with van der Waals surface area (Å²) < 4.78 is 2.32. The molecule has 3 rings (SSSR count). The summed E-state index contributed by atoms with van der Waals surface area (Å²) in [5.74, 6) is 0.178. The Balaban J connectivity index is 2.28. The number of aliphatic hydroxyl groups is 1. The zero-order valence-electron chi connectivity index (χ0n) is 13.7. The van der Waals surface area contributed by atoms with Crippen molar-refractivity contribution in [3.63, 3.8) is 0 Å². The van der Waals surface area contributed by atoms with E-state index in [0.29, 0.717) is 22.1 Å². The number of aliphatic hydroxyl groups excluding tert-OH is 1. The number of thiophene rings is 1. The lowest BCUT2D eigenvalue weighted by molar-refractivity contribution is 0.269. The van der Waals surface area contributed by atoms with E-state index in [0.717, 1.165) is 27.3 Å². The Hall–Kier alpha value is -2.40. The third kappa shape index (κ3) is 3.12. The Morgan fingerprint density at radius 1 is 1.40 bits per heavy atom. The lowest BCUT2D eigenvalue weighted by Crippen LogP contribution is -2.03. The highest BCUT2D eigenvalue weighted by atomic mass is 35.5. The van der Waals surface area contributed by atoms with Crippen LogP contribution in [0.3, 0.4) is 0 Å². The van der Waals surface area contributed by atoms with Crippen LogP contribution in [-0.4, -0.2) is 26.5 Å². The van der Waals surface area contributed by atoms with E-state index in [1.165, 1.54) is 11.3 Å². The molecule has 3 aromatic heterocycles. The van der Waals surface area contributed by atoms with Crippen LogP contribution in [0.25, 0.3) is 21.7 Å². The van der Waals surface area contributed by atoms with Crippen molar-refractivity contribution in [2.24, 2.45) is 0 Å². The van der Waals surface area contributed by atoms with Crippen molar-refractivity contribution in [3.8, 4) is 27.8 Å². The number of pyridine rings is 1. The monoisotopic (exact) mass is 373 g/mol. The van der Waals surface area contributed by atoms with Crippen LogP contribution in [0.1, 0.15) is 16.8 Å². The molecule has 0 spiro atoms. The van der Waals surface area contributed by atoms with Crippen molar-refractivity contribution in [1.82, 2.24) is 14.8 Å². The molecule has 0 aromatic carbocycles. The van der Waals surface area contributed by atoms with Gasteiger partial charge in [0.15, 0.2) is 0 Å². The fraction of sp³-hybridized carbons (Fsp3) is 0.235. The van der Waals surface area contributed by atoms with Gasteiger partial charge in [0.2, 0.25) is 0 Å². The highest BCUT2D eigenvalue weighted by Gasteiger charge is 2.21. The van der Waals surface area contributed by atoms with Gasteiger partial charge in [-0.05, 0) is 31.5 Å². The van der Waals surface area contributed by atoms with Crippen LogP contribution in [0, 0.1) is 25.2 Å². The number of nitrogens with two attached hydrogens (primary N) is 1. The molecule has 128 valence electrons. The van der Waals surface area contributed by atoms with Crippen molar-refractivity contribution in [2.75, 3.05) is 12.3 Å². The van der Waals surface area contributed by atoms with Crippen LogP contribution in [0.5, 0.6) is 0 Å². The lowest BCUT2D eigenvalue weighted by atomic mass is 9.95. The molecule has 0 saturated carbocycles. The molecule has 0 bridgehead atoms. The van der Waals surface area contributed by atoms with E-state index in [1.807, 2.05) is 26.1 Å². The van der Waals surface area contributed by atoms with Gasteiger partial charge in [0.25, 0.3) is 0 Å². The quantitative estimate of drug-likeness (QED) is 0.729. The van der Waals surface area contributed by atoms with Crippen molar-refractivity contribution < 1.29 is 5.11 Å².